The van der Waals surface area contributed by atoms with Crippen molar-refractivity contribution < 1.29 is 9.53 Å². The SMILES string of the molecule is CC(C)(C)C(=O)Oc1cc2c(-c3ccc(C#N)cc3)cncc2s1. The van der Waals surface area contributed by atoms with Gasteiger partial charge in [0.05, 0.1) is 21.7 Å². The zero-order chi connectivity index (χ0) is 17.3. The predicted octanol–water partition coefficient (Wildman–Crippen LogP) is 4.79. The standard InChI is InChI=1S/C19H16N2O2S/c1-19(2,3)18(22)23-17-8-14-15(10-21-11-16(14)24-17)13-6-4-12(9-20)5-7-13/h4-8,10-11H,1-3H3. The Morgan fingerprint density at radius 1 is 1.21 bits per heavy atom. The molecule has 4 nitrogen and oxygen atoms in total. The second kappa shape index (κ2) is 6.06. The third-order valence-corrected chi connectivity index (χ3v) is 4.50. The number of esters is 1. The van der Waals surface area contributed by atoms with Gasteiger partial charge in [-0.25, -0.2) is 0 Å². The van der Waals surface area contributed by atoms with Crippen LogP contribution in [-0.4, -0.2) is 11.0 Å². The van der Waals surface area contributed by atoms with Crippen LogP contribution in [0.1, 0.15) is 26.3 Å². The highest BCUT2D eigenvalue weighted by Crippen LogP contribution is 2.37. The minimum atomic E-state index is -0.551. The molecule has 0 amide bonds. The van der Waals surface area contributed by atoms with Crippen LogP contribution in [0.3, 0.4) is 0 Å². The van der Waals surface area contributed by atoms with Crippen molar-refractivity contribution in [2.45, 2.75) is 20.8 Å². The van der Waals surface area contributed by atoms with Gasteiger partial charge in [-0.15, -0.1) is 0 Å². The van der Waals surface area contributed by atoms with Gasteiger partial charge in [0.15, 0.2) is 5.06 Å². The molecule has 5 heteroatoms. The van der Waals surface area contributed by atoms with Crippen molar-refractivity contribution in [3.05, 3.63) is 48.3 Å². The van der Waals surface area contributed by atoms with Crippen LogP contribution < -0.4 is 4.74 Å². The molecule has 0 spiro atoms. The first-order chi connectivity index (χ1) is 11.4. The largest absolute Gasteiger partial charge is 0.415 e. The van der Waals surface area contributed by atoms with Gasteiger partial charge in [-0.2, -0.15) is 5.26 Å². The molecule has 1 aromatic carbocycles. The van der Waals surface area contributed by atoms with Crippen LogP contribution in [0, 0.1) is 16.7 Å². The number of fused-ring (bicyclic) bond motifs is 1. The Morgan fingerprint density at radius 2 is 1.92 bits per heavy atom. The van der Waals surface area contributed by atoms with E-state index in [4.69, 9.17) is 10.00 Å². The molecular formula is C19H16N2O2S. The van der Waals surface area contributed by atoms with Crippen molar-refractivity contribution in [1.82, 2.24) is 4.98 Å². The molecule has 0 saturated carbocycles. The molecular weight excluding hydrogens is 320 g/mol. The van der Waals surface area contributed by atoms with Crippen LogP contribution in [-0.2, 0) is 4.79 Å². The summed E-state index contributed by atoms with van der Waals surface area (Å²) in [5.74, 6) is -0.262. The number of benzene rings is 1. The molecule has 0 N–H and O–H groups in total. The zero-order valence-corrected chi connectivity index (χ0v) is 14.5. The second-order valence-corrected chi connectivity index (χ2v) is 7.54. The smallest absolute Gasteiger partial charge is 0.317 e. The van der Waals surface area contributed by atoms with Crippen molar-refractivity contribution in [3.63, 3.8) is 0 Å². The minimum Gasteiger partial charge on any atom is -0.415 e. The van der Waals surface area contributed by atoms with E-state index in [2.05, 4.69) is 11.1 Å². The quantitative estimate of drug-likeness (QED) is 0.631. The Balaban J connectivity index is 2.01. The predicted molar refractivity (Wildman–Crippen MR) is 94.9 cm³/mol. The van der Waals surface area contributed by atoms with E-state index in [-0.39, 0.29) is 5.97 Å². The Morgan fingerprint density at radius 3 is 2.54 bits per heavy atom. The number of ether oxygens (including phenoxy) is 1. The number of nitrogens with zero attached hydrogens (tertiary/aromatic N) is 2. The third kappa shape index (κ3) is 3.15. The van der Waals surface area contributed by atoms with Crippen LogP contribution in [0.4, 0.5) is 0 Å². The molecule has 0 atom stereocenters. The number of hydrogen-bond acceptors (Lipinski definition) is 5. The third-order valence-electron chi connectivity index (χ3n) is 3.55. The van der Waals surface area contributed by atoms with Crippen LogP contribution in [0.2, 0.25) is 0 Å². The summed E-state index contributed by atoms with van der Waals surface area (Å²) >= 11 is 1.40. The van der Waals surface area contributed by atoms with E-state index in [0.717, 1.165) is 21.2 Å². The molecule has 2 heterocycles. The fourth-order valence-electron chi connectivity index (χ4n) is 2.19. The molecule has 0 aliphatic carbocycles. The molecule has 0 aliphatic heterocycles. The van der Waals surface area contributed by atoms with Crippen molar-refractivity contribution in [2.75, 3.05) is 0 Å². The molecule has 0 radical (unpaired) electrons. The first-order valence-electron chi connectivity index (χ1n) is 7.49. The van der Waals surface area contributed by atoms with E-state index in [1.807, 2.05) is 39.0 Å². The van der Waals surface area contributed by atoms with Gasteiger partial charge in [0.2, 0.25) is 0 Å². The number of carbonyl (C=O) groups excluding carboxylic acids is 1. The number of rotatable bonds is 2. The Kier molecular flexibility index (Phi) is 4.08. The monoisotopic (exact) mass is 336 g/mol. The van der Waals surface area contributed by atoms with Gasteiger partial charge in [-0.05, 0) is 38.5 Å². The molecule has 0 fully saturated rings. The van der Waals surface area contributed by atoms with E-state index in [9.17, 15) is 4.79 Å². The summed E-state index contributed by atoms with van der Waals surface area (Å²) in [5, 5.41) is 10.5. The van der Waals surface area contributed by atoms with Gasteiger partial charge in [0.1, 0.15) is 0 Å². The van der Waals surface area contributed by atoms with E-state index >= 15 is 0 Å². The summed E-state index contributed by atoms with van der Waals surface area (Å²) in [6, 6.07) is 11.3. The maximum atomic E-state index is 12.1. The van der Waals surface area contributed by atoms with E-state index in [1.165, 1.54) is 11.3 Å². The van der Waals surface area contributed by atoms with Crippen LogP contribution in [0.25, 0.3) is 21.2 Å². The van der Waals surface area contributed by atoms with Gasteiger partial charge in [0.25, 0.3) is 0 Å². The Labute approximate surface area is 144 Å². The second-order valence-electron chi connectivity index (χ2n) is 6.49. The van der Waals surface area contributed by atoms with Crippen LogP contribution in [0.5, 0.6) is 5.06 Å². The molecule has 24 heavy (non-hydrogen) atoms. The van der Waals surface area contributed by atoms with Crippen molar-refractivity contribution in [2.24, 2.45) is 5.41 Å². The zero-order valence-electron chi connectivity index (χ0n) is 13.7. The van der Waals surface area contributed by atoms with E-state index < -0.39 is 5.41 Å². The first kappa shape index (κ1) is 16.2. The van der Waals surface area contributed by atoms with E-state index in [0.29, 0.717) is 10.6 Å². The highest BCUT2D eigenvalue weighted by atomic mass is 32.1. The lowest BCUT2D eigenvalue weighted by Gasteiger charge is -2.14. The van der Waals surface area contributed by atoms with Crippen molar-refractivity contribution >= 4 is 27.4 Å². The van der Waals surface area contributed by atoms with Crippen LogP contribution >= 0.6 is 11.3 Å². The molecule has 0 aliphatic rings. The van der Waals surface area contributed by atoms with E-state index in [1.54, 1.807) is 24.5 Å². The highest BCUT2D eigenvalue weighted by Gasteiger charge is 2.24. The van der Waals surface area contributed by atoms with Crippen molar-refractivity contribution in [1.29, 1.82) is 5.26 Å². The molecule has 0 saturated heterocycles. The lowest BCUT2D eigenvalue weighted by molar-refractivity contribution is -0.142. The van der Waals surface area contributed by atoms with Crippen molar-refractivity contribution in [3.8, 4) is 22.3 Å². The Hall–Kier alpha value is -2.71. The maximum Gasteiger partial charge on any atom is 0.317 e. The van der Waals surface area contributed by atoms with Gasteiger partial charge < -0.3 is 4.74 Å². The normalized spacial score (nSPS) is 11.2. The lowest BCUT2D eigenvalue weighted by Crippen LogP contribution is -2.25. The molecule has 0 unspecified atom stereocenters. The summed E-state index contributed by atoms with van der Waals surface area (Å²) in [4.78, 5) is 16.4. The van der Waals surface area contributed by atoms with Gasteiger partial charge in [-0.3, -0.25) is 9.78 Å². The van der Waals surface area contributed by atoms with Crippen LogP contribution in [0.15, 0.2) is 42.7 Å². The number of thiophene rings is 1. The average molecular weight is 336 g/mol. The number of nitriles is 1. The molecule has 3 aromatic rings. The molecule has 2 aromatic heterocycles. The van der Waals surface area contributed by atoms with Gasteiger partial charge in [0, 0.05) is 29.4 Å². The summed E-state index contributed by atoms with van der Waals surface area (Å²) in [6.45, 7) is 5.48. The molecule has 3 rings (SSSR count). The maximum absolute atomic E-state index is 12.1. The summed E-state index contributed by atoms with van der Waals surface area (Å²) in [6.07, 6.45) is 3.55. The highest BCUT2D eigenvalue weighted by molar-refractivity contribution is 7.20. The van der Waals surface area contributed by atoms with Gasteiger partial charge in [-0.1, -0.05) is 23.5 Å². The number of aromatic nitrogens is 1. The fraction of sp³-hybridized carbons (Fsp3) is 0.211. The first-order valence-corrected chi connectivity index (χ1v) is 8.30. The molecule has 120 valence electrons. The summed E-state index contributed by atoms with van der Waals surface area (Å²) < 4.78 is 6.45. The summed E-state index contributed by atoms with van der Waals surface area (Å²) in [7, 11) is 0. The minimum absolute atomic E-state index is 0.262. The lowest BCUT2D eigenvalue weighted by atomic mass is 9.97. The number of hydrogen-bond donors (Lipinski definition) is 0. The van der Waals surface area contributed by atoms with Gasteiger partial charge >= 0.3 is 5.97 Å². The Bertz CT molecular complexity index is 944. The topological polar surface area (TPSA) is 63.0 Å². The fourth-order valence-corrected chi connectivity index (χ4v) is 3.09. The number of pyridine rings is 1. The number of carbonyl (C=O) groups is 1. The summed E-state index contributed by atoms with van der Waals surface area (Å²) in [5.41, 5.74) is 1.98. The average Bonchev–Trinajstić information content (AvgIpc) is 2.96. The molecule has 0 bridgehead atoms.